The molecular weight excluding hydrogens is 419 g/mol. The Morgan fingerprint density at radius 1 is 1.10 bits per heavy atom. The second-order valence-electron chi connectivity index (χ2n) is 6.40. The first-order valence-corrected chi connectivity index (χ1v) is 10.5. The van der Waals surface area contributed by atoms with Crippen LogP contribution >= 0.6 is 11.6 Å². The van der Waals surface area contributed by atoms with E-state index in [1.165, 1.54) is 18.2 Å². The van der Waals surface area contributed by atoms with Crippen molar-refractivity contribution >= 4 is 33.2 Å². The van der Waals surface area contributed by atoms with Gasteiger partial charge in [0.25, 0.3) is 15.9 Å². The number of nitrogens with one attached hydrogen (secondary N) is 2. The lowest BCUT2D eigenvalue weighted by molar-refractivity contribution is 0.0935. The summed E-state index contributed by atoms with van der Waals surface area (Å²) < 4.78 is 45.9. The topological polar surface area (TPSA) is 88.4 Å². The van der Waals surface area contributed by atoms with Gasteiger partial charge in [-0.15, -0.1) is 0 Å². The molecule has 3 aromatic rings. The molecule has 6 nitrogen and oxygen atoms in total. The normalized spacial score (nSPS) is 12.4. The number of rotatable bonds is 6. The molecule has 1 unspecified atom stereocenters. The van der Waals surface area contributed by atoms with Crippen molar-refractivity contribution in [2.24, 2.45) is 0 Å². The zero-order valence-electron chi connectivity index (χ0n) is 15.6. The van der Waals surface area contributed by atoms with E-state index >= 15 is 0 Å². The van der Waals surface area contributed by atoms with Crippen molar-refractivity contribution in [3.8, 4) is 0 Å². The summed E-state index contributed by atoms with van der Waals surface area (Å²) in [5.41, 5.74) is 0.242. The Morgan fingerprint density at radius 2 is 1.79 bits per heavy atom. The smallest absolute Gasteiger partial charge is 0.261 e. The molecular formula is C20H18ClFN2O4S. The van der Waals surface area contributed by atoms with E-state index in [0.29, 0.717) is 5.76 Å². The highest BCUT2D eigenvalue weighted by Gasteiger charge is 2.19. The Kier molecular flexibility index (Phi) is 5.95. The Labute approximate surface area is 172 Å². The number of furan rings is 1. The van der Waals surface area contributed by atoms with Crippen LogP contribution in [0.1, 0.15) is 34.8 Å². The van der Waals surface area contributed by atoms with Crippen molar-refractivity contribution in [1.82, 2.24) is 5.32 Å². The van der Waals surface area contributed by atoms with Gasteiger partial charge in [-0.25, -0.2) is 12.8 Å². The molecule has 2 N–H and O–H groups in total. The van der Waals surface area contributed by atoms with Crippen molar-refractivity contribution in [2.75, 3.05) is 4.72 Å². The number of carbonyl (C=O) groups excluding carboxylic acids is 1. The van der Waals surface area contributed by atoms with Gasteiger partial charge in [-0.3, -0.25) is 9.52 Å². The number of benzene rings is 2. The largest absolute Gasteiger partial charge is 0.464 e. The van der Waals surface area contributed by atoms with Crippen LogP contribution in [0.4, 0.5) is 10.1 Å². The summed E-state index contributed by atoms with van der Waals surface area (Å²) in [5, 5.41) is 2.89. The van der Waals surface area contributed by atoms with Gasteiger partial charge in [0.05, 0.1) is 21.6 Å². The summed E-state index contributed by atoms with van der Waals surface area (Å²) in [7, 11) is -4.01. The summed E-state index contributed by atoms with van der Waals surface area (Å²) in [6.45, 7) is 3.57. The lowest BCUT2D eigenvalue weighted by Gasteiger charge is -2.14. The average Bonchev–Trinajstić information content (AvgIpc) is 3.10. The van der Waals surface area contributed by atoms with Gasteiger partial charge in [0.1, 0.15) is 17.3 Å². The summed E-state index contributed by atoms with van der Waals surface area (Å²) in [6.07, 6.45) is 0. The molecule has 0 aliphatic heterocycles. The zero-order chi connectivity index (χ0) is 21.2. The molecule has 0 saturated carbocycles. The quantitative estimate of drug-likeness (QED) is 0.587. The van der Waals surface area contributed by atoms with Gasteiger partial charge < -0.3 is 9.73 Å². The molecule has 3 rings (SSSR count). The van der Waals surface area contributed by atoms with Gasteiger partial charge in [0.2, 0.25) is 0 Å². The predicted octanol–water partition coefficient (Wildman–Crippen LogP) is 4.67. The summed E-state index contributed by atoms with van der Waals surface area (Å²) in [5.74, 6) is 0.346. The van der Waals surface area contributed by atoms with Crippen molar-refractivity contribution in [1.29, 1.82) is 0 Å². The minimum Gasteiger partial charge on any atom is -0.464 e. The zero-order valence-corrected chi connectivity index (χ0v) is 17.1. The number of hydrogen-bond acceptors (Lipinski definition) is 4. The van der Waals surface area contributed by atoms with E-state index in [2.05, 4.69) is 10.0 Å². The third-order valence-corrected chi connectivity index (χ3v) is 5.84. The number of aryl methyl sites for hydroxylation is 1. The molecule has 0 spiro atoms. The van der Waals surface area contributed by atoms with Crippen LogP contribution in [0.25, 0.3) is 0 Å². The van der Waals surface area contributed by atoms with Crippen LogP contribution in [0.2, 0.25) is 5.02 Å². The number of carbonyl (C=O) groups is 1. The Bertz CT molecular complexity index is 1140. The highest BCUT2D eigenvalue weighted by Crippen LogP contribution is 2.26. The van der Waals surface area contributed by atoms with Crippen LogP contribution in [-0.4, -0.2) is 14.3 Å². The molecule has 2 aromatic carbocycles. The molecule has 0 aliphatic rings. The van der Waals surface area contributed by atoms with Gasteiger partial charge in [-0.05, 0) is 68.4 Å². The minimum atomic E-state index is -4.01. The molecule has 1 heterocycles. The Hall–Kier alpha value is -2.84. The van der Waals surface area contributed by atoms with Crippen LogP contribution in [-0.2, 0) is 10.0 Å². The van der Waals surface area contributed by atoms with Gasteiger partial charge >= 0.3 is 0 Å². The fourth-order valence-corrected chi connectivity index (χ4v) is 3.89. The molecule has 1 atom stereocenters. The molecule has 0 bridgehead atoms. The van der Waals surface area contributed by atoms with E-state index in [1.807, 2.05) is 0 Å². The van der Waals surface area contributed by atoms with Crippen molar-refractivity contribution in [3.05, 3.63) is 82.5 Å². The van der Waals surface area contributed by atoms with Crippen molar-refractivity contribution in [3.63, 3.8) is 0 Å². The van der Waals surface area contributed by atoms with E-state index in [9.17, 15) is 17.6 Å². The van der Waals surface area contributed by atoms with Gasteiger partial charge in [0.15, 0.2) is 0 Å². The molecule has 29 heavy (non-hydrogen) atoms. The second-order valence-corrected chi connectivity index (χ2v) is 8.49. The first kappa shape index (κ1) is 20.9. The van der Waals surface area contributed by atoms with E-state index < -0.39 is 21.7 Å². The third-order valence-electron chi connectivity index (χ3n) is 4.13. The summed E-state index contributed by atoms with van der Waals surface area (Å²) >= 11 is 6.09. The first-order valence-electron chi connectivity index (χ1n) is 8.61. The van der Waals surface area contributed by atoms with E-state index in [-0.39, 0.29) is 27.2 Å². The number of hydrogen-bond donors (Lipinski definition) is 2. The second kappa shape index (κ2) is 8.26. The highest BCUT2D eigenvalue weighted by molar-refractivity contribution is 7.92. The Balaban J connectivity index is 1.80. The number of halogens is 2. The standard InChI is InChI=1S/C20H18ClFN2O4S/c1-12-3-10-19(28-12)13(2)23-20(25)14-4-9-17(21)18(11-14)24-29(26,27)16-7-5-15(22)6-8-16/h3-11,13,24H,1-2H3,(H,23,25). The number of anilines is 1. The SMILES string of the molecule is Cc1ccc(C(C)NC(=O)c2ccc(Cl)c(NS(=O)(=O)c3ccc(F)cc3)c2)o1. The van der Waals surface area contributed by atoms with Crippen LogP contribution in [0, 0.1) is 12.7 Å². The Morgan fingerprint density at radius 3 is 2.41 bits per heavy atom. The molecule has 0 aliphatic carbocycles. The maximum atomic E-state index is 13.0. The van der Waals surface area contributed by atoms with Crippen molar-refractivity contribution in [2.45, 2.75) is 24.8 Å². The maximum Gasteiger partial charge on any atom is 0.261 e. The first-order chi connectivity index (χ1) is 13.7. The fraction of sp³-hybridized carbons (Fsp3) is 0.150. The molecule has 1 aromatic heterocycles. The predicted molar refractivity (Wildman–Crippen MR) is 108 cm³/mol. The van der Waals surface area contributed by atoms with Crippen LogP contribution < -0.4 is 10.0 Å². The molecule has 0 saturated heterocycles. The molecule has 152 valence electrons. The molecule has 1 amide bonds. The molecule has 0 radical (unpaired) electrons. The third kappa shape index (κ3) is 4.96. The fourth-order valence-electron chi connectivity index (χ4n) is 2.60. The monoisotopic (exact) mass is 436 g/mol. The highest BCUT2D eigenvalue weighted by atomic mass is 35.5. The molecule has 9 heteroatoms. The lowest BCUT2D eigenvalue weighted by Crippen LogP contribution is -2.26. The van der Waals surface area contributed by atoms with E-state index in [4.69, 9.17) is 16.0 Å². The van der Waals surface area contributed by atoms with Gasteiger partial charge in [-0.2, -0.15) is 0 Å². The summed E-state index contributed by atoms with van der Waals surface area (Å²) in [6, 6.07) is 11.8. The van der Waals surface area contributed by atoms with Crippen LogP contribution in [0.3, 0.4) is 0 Å². The number of amides is 1. The van der Waals surface area contributed by atoms with Gasteiger partial charge in [0, 0.05) is 5.56 Å². The van der Waals surface area contributed by atoms with Crippen molar-refractivity contribution < 1.29 is 22.0 Å². The molecule has 0 fully saturated rings. The minimum absolute atomic E-state index is 0.0325. The van der Waals surface area contributed by atoms with Crippen LogP contribution in [0.5, 0.6) is 0 Å². The maximum absolute atomic E-state index is 13.0. The van der Waals surface area contributed by atoms with Gasteiger partial charge in [-0.1, -0.05) is 11.6 Å². The van der Waals surface area contributed by atoms with E-state index in [1.54, 1.807) is 26.0 Å². The lowest BCUT2D eigenvalue weighted by atomic mass is 10.1. The summed E-state index contributed by atoms with van der Waals surface area (Å²) in [4.78, 5) is 12.4. The van der Waals surface area contributed by atoms with Crippen LogP contribution in [0.15, 0.2) is 63.9 Å². The number of sulfonamides is 1. The average molecular weight is 437 g/mol. The van der Waals surface area contributed by atoms with E-state index in [0.717, 1.165) is 30.0 Å².